The average Bonchev–Trinajstić information content (AvgIpc) is 2.58. The van der Waals surface area contributed by atoms with Crippen LogP contribution in [0.5, 0.6) is 5.95 Å². The lowest BCUT2D eigenvalue weighted by Gasteiger charge is -2.29. The lowest BCUT2D eigenvalue weighted by Crippen LogP contribution is -2.48. The molecule has 0 bridgehead atoms. The lowest BCUT2D eigenvalue weighted by molar-refractivity contribution is -0.137. The number of imide groups is 1. The first-order chi connectivity index (χ1) is 11.5. The van der Waals surface area contributed by atoms with Crippen molar-refractivity contribution in [2.24, 2.45) is 0 Å². The molecule has 1 saturated heterocycles. The fourth-order valence-corrected chi connectivity index (χ4v) is 2.98. The maximum absolute atomic E-state index is 12.4. The van der Waals surface area contributed by atoms with Gasteiger partial charge in [0.1, 0.15) is 11.1 Å². The van der Waals surface area contributed by atoms with Crippen LogP contribution in [0.2, 0.25) is 5.02 Å². The summed E-state index contributed by atoms with van der Waals surface area (Å²) in [4.78, 5) is 37.7. The van der Waals surface area contributed by atoms with Crippen LogP contribution in [0.3, 0.4) is 0 Å². The molecule has 3 rings (SSSR count). The van der Waals surface area contributed by atoms with Crippen LogP contribution < -0.4 is 15.3 Å². The highest BCUT2D eigenvalue weighted by Crippen LogP contribution is 2.33. The Kier molecular flexibility index (Phi) is 4.29. The van der Waals surface area contributed by atoms with Crippen LogP contribution in [0.4, 0.5) is 5.69 Å². The first kappa shape index (κ1) is 16.5. The predicted molar refractivity (Wildman–Crippen MR) is 86.6 cm³/mol. The summed E-state index contributed by atoms with van der Waals surface area (Å²) in [7, 11) is 2.75. The average molecular weight is 352 g/mol. The molecule has 0 spiro atoms. The monoisotopic (exact) mass is 351 g/mol. The third-order valence-corrected chi connectivity index (χ3v) is 4.28. The van der Waals surface area contributed by atoms with Crippen molar-refractivity contribution in [3.63, 3.8) is 0 Å². The van der Waals surface area contributed by atoms with Crippen LogP contribution >= 0.6 is 11.6 Å². The Morgan fingerprint density at radius 3 is 2.62 bits per heavy atom. The summed E-state index contributed by atoms with van der Waals surface area (Å²) < 4.78 is 15.0. The van der Waals surface area contributed by atoms with Crippen molar-refractivity contribution in [2.75, 3.05) is 19.1 Å². The quantitative estimate of drug-likeness (QED) is 0.787. The van der Waals surface area contributed by atoms with Crippen molar-refractivity contribution in [2.45, 2.75) is 18.9 Å². The molecule has 24 heavy (non-hydrogen) atoms. The standard InChI is InChI=1S/C16H14ClNO6/c1-22-11-5-6-12(19)18(14(11)20)8-3-4-9-10(7-8)15(21)24-16(23-2)13(9)17/h3-4,7,11H,5-6H2,1-2H3. The summed E-state index contributed by atoms with van der Waals surface area (Å²) in [5.74, 6) is -0.903. The molecular formula is C16H14ClNO6. The van der Waals surface area contributed by atoms with Crippen LogP contribution in [0.1, 0.15) is 12.8 Å². The maximum Gasteiger partial charge on any atom is 0.346 e. The number of rotatable bonds is 3. The van der Waals surface area contributed by atoms with E-state index in [-0.39, 0.29) is 34.4 Å². The van der Waals surface area contributed by atoms with Gasteiger partial charge >= 0.3 is 11.6 Å². The molecule has 126 valence electrons. The van der Waals surface area contributed by atoms with Gasteiger partial charge in [-0.2, -0.15) is 0 Å². The number of benzene rings is 1. The summed E-state index contributed by atoms with van der Waals surface area (Å²) in [6.07, 6.45) is -0.168. The van der Waals surface area contributed by atoms with Crippen LogP contribution in [-0.4, -0.2) is 32.1 Å². The van der Waals surface area contributed by atoms with Gasteiger partial charge in [0, 0.05) is 18.9 Å². The van der Waals surface area contributed by atoms with Crippen LogP contribution in [0, 0.1) is 0 Å². The van der Waals surface area contributed by atoms with E-state index in [1.165, 1.54) is 20.3 Å². The number of nitrogens with zero attached hydrogens (tertiary/aromatic N) is 1. The highest BCUT2D eigenvalue weighted by atomic mass is 35.5. The minimum Gasteiger partial charge on any atom is -0.467 e. The molecule has 0 aliphatic carbocycles. The Hall–Kier alpha value is -2.38. The van der Waals surface area contributed by atoms with Crippen LogP contribution in [0.15, 0.2) is 27.4 Å². The van der Waals surface area contributed by atoms with Gasteiger partial charge in [0.05, 0.1) is 18.2 Å². The van der Waals surface area contributed by atoms with Crippen molar-refractivity contribution in [1.29, 1.82) is 0 Å². The number of carbonyl (C=O) groups is 2. The molecular weight excluding hydrogens is 338 g/mol. The van der Waals surface area contributed by atoms with Gasteiger partial charge in [-0.15, -0.1) is 0 Å². The summed E-state index contributed by atoms with van der Waals surface area (Å²) in [5.41, 5.74) is -0.402. The van der Waals surface area contributed by atoms with Crippen LogP contribution in [-0.2, 0) is 14.3 Å². The highest BCUT2D eigenvalue weighted by Gasteiger charge is 2.35. The summed E-state index contributed by atoms with van der Waals surface area (Å²) >= 11 is 6.13. The highest BCUT2D eigenvalue weighted by molar-refractivity contribution is 6.36. The molecule has 0 radical (unpaired) electrons. The molecule has 1 aromatic heterocycles. The van der Waals surface area contributed by atoms with Gasteiger partial charge in [0.15, 0.2) is 0 Å². The van der Waals surface area contributed by atoms with E-state index in [0.717, 1.165) is 4.90 Å². The number of ether oxygens (including phenoxy) is 2. The molecule has 1 aliphatic rings. The van der Waals surface area contributed by atoms with Crippen molar-refractivity contribution in [3.05, 3.63) is 33.6 Å². The molecule has 1 aliphatic heterocycles. The first-order valence-electron chi connectivity index (χ1n) is 7.18. The molecule has 2 heterocycles. The minimum absolute atomic E-state index is 0.0912. The van der Waals surface area contributed by atoms with Crippen molar-refractivity contribution in [1.82, 2.24) is 0 Å². The summed E-state index contributed by atoms with van der Waals surface area (Å²) in [6.45, 7) is 0. The third-order valence-electron chi connectivity index (χ3n) is 3.92. The fraction of sp³-hybridized carbons (Fsp3) is 0.312. The molecule has 8 heteroatoms. The number of halogens is 1. The van der Waals surface area contributed by atoms with Crippen molar-refractivity contribution >= 4 is 39.9 Å². The molecule has 1 unspecified atom stereocenters. The molecule has 1 atom stereocenters. The molecule has 7 nitrogen and oxygen atoms in total. The summed E-state index contributed by atoms with van der Waals surface area (Å²) in [5, 5.41) is 0.705. The first-order valence-corrected chi connectivity index (χ1v) is 7.55. The SMILES string of the molecule is COc1oc(=O)c2cc(N3C(=O)CCC(OC)C3=O)ccc2c1Cl. The van der Waals surface area contributed by atoms with E-state index in [1.54, 1.807) is 12.1 Å². The second kappa shape index (κ2) is 6.26. The van der Waals surface area contributed by atoms with Gasteiger partial charge in [0.25, 0.3) is 5.91 Å². The molecule has 2 amide bonds. The Morgan fingerprint density at radius 1 is 1.21 bits per heavy atom. The smallest absolute Gasteiger partial charge is 0.346 e. The number of methoxy groups -OCH3 is 2. The van der Waals surface area contributed by atoms with E-state index in [0.29, 0.717) is 11.8 Å². The van der Waals surface area contributed by atoms with Crippen molar-refractivity contribution < 1.29 is 23.5 Å². The molecule has 0 saturated carbocycles. The second-order valence-corrected chi connectivity index (χ2v) is 5.63. The largest absolute Gasteiger partial charge is 0.467 e. The Bertz CT molecular complexity index is 890. The number of piperidine rings is 1. The van der Waals surface area contributed by atoms with E-state index < -0.39 is 17.6 Å². The van der Waals surface area contributed by atoms with Gasteiger partial charge in [-0.25, -0.2) is 9.69 Å². The van der Waals surface area contributed by atoms with Gasteiger partial charge in [0.2, 0.25) is 5.91 Å². The number of hydrogen-bond acceptors (Lipinski definition) is 6. The molecule has 2 aromatic rings. The Labute approximate surface area is 141 Å². The van der Waals surface area contributed by atoms with E-state index in [2.05, 4.69) is 0 Å². The van der Waals surface area contributed by atoms with E-state index in [1.807, 2.05) is 0 Å². The zero-order valence-corrected chi connectivity index (χ0v) is 13.8. The normalized spacial score (nSPS) is 18.3. The van der Waals surface area contributed by atoms with Gasteiger partial charge in [-0.05, 0) is 18.6 Å². The maximum atomic E-state index is 12.4. The van der Waals surface area contributed by atoms with E-state index in [9.17, 15) is 14.4 Å². The topological polar surface area (TPSA) is 86.1 Å². The minimum atomic E-state index is -0.686. The van der Waals surface area contributed by atoms with E-state index >= 15 is 0 Å². The second-order valence-electron chi connectivity index (χ2n) is 5.26. The number of carbonyl (C=O) groups excluding carboxylic acids is 2. The van der Waals surface area contributed by atoms with Crippen LogP contribution in [0.25, 0.3) is 10.8 Å². The van der Waals surface area contributed by atoms with Gasteiger partial charge in [-0.3, -0.25) is 9.59 Å². The van der Waals surface area contributed by atoms with Gasteiger partial charge < -0.3 is 13.9 Å². The zero-order chi connectivity index (χ0) is 17.4. The summed E-state index contributed by atoms with van der Waals surface area (Å²) in [6, 6.07) is 4.49. The number of anilines is 1. The zero-order valence-electron chi connectivity index (χ0n) is 13.0. The predicted octanol–water partition coefficient (Wildman–Crippen LogP) is 2.12. The molecule has 0 N–H and O–H groups in total. The van der Waals surface area contributed by atoms with E-state index in [4.69, 9.17) is 25.5 Å². The van der Waals surface area contributed by atoms with Gasteiger partial charge in [-0.1, -0.05) is 17.7 Å². The number of amides is 2. The number of fused-ring (bicyclic) bond motifs is 1. The Morgan fingerprint density at radius 2 is 1.96 bits per heavy atom. The molecule has 1 aromatic carbocycles. The number of hydrogen-bond donors (Lipinski definition) is 0. The third kappa shape index (κ3) is 2.55. The lowest BCUT2D eigenvalue weighted by atomic mass is 10.0. The fourth-order valence-electron chi connectivity index (χ4n) is 2.70. The van der Waals surface area contributed by atoms with Crippen molar-refractivity contribution in [3.8, 4) is 5.95 Å². The molecule has 1 fully saturated rings. The Balaban J connectivity index is 2.14.